The Morgan fingerprint density at radius 3 is 2.85 bits per heavy atom. The Kier molecular flexibility index (Phi) is 6.38. The number of nitrogens with one attached hydrogen (secondary N) is 2. The third-order valence-electron chi connectivity index (χ3n) is 3.03. The van der Waals surface area contributed by atoms with Crippen LogP contribution in [0.15, 0.2) is 22.7 Å². The number of nitro benzene ring substituents is 1. The smallest absolute Gasteiger partial charge is 0.283 e. The first kappa shape index (κ1) is 16.9. The van der Waals surface area contributed by atoms with Gasteiger partial charge in [0, 0.05) is 23.1 Å². The number of nitro groups is 1. The summed E-state index contributed by atoms with van der Waals surface area (Å²) in [5.41, 5.74) is -0.0885. The monoisotopic (exact) mass is 363 g/mol. The van der Waals surface area contributed by atoms with Gasteiger partial charge in [0.05, 0.1) is 4.92 Å². The zero-order valence-electron chi connectivity index (χ0n) is 10.6. The normalized spacial score (nSPS) is 17.9. The molecule has 0 aliphatic carbocycles. The first-order valence-electron chi connectivity index (χ1n) is 6.03. The predicted octanol–water partition coefficient (Wildman–Crippen LogP) is 2.26. The lowest BCUT2D eigenvalue weighted by molar-refractivity contribution is -0.385. The topological polar surface area (TPSA) is 84.3 Å². The molecule has 1 aromatic rings. The SMILES string of the molecule is Cl.O=C(N[C@H]1CCCNC1)c1ccc(Br)cc1[N+](=O)[O-]. The second-order valence-corrected chi connectivity index (χ2v) is 5.35. The number of benzene rings is 1. The molecule has 0 aromatic heterocycles. The molecule has 20 heavy (non-hydrogen) atoms. The van der Waals surface area contributed by atoms with Crippen LogP contribution >= 0.6 is 28.3 Å². The molecular formula is C12H15BrClN3O3. The van der Waals surface area contributed by atoms with Crippen LogP contribution in [0.1, 0.15) is 23.2 Å². The molecule has 1 saturated heterocycles. The molecule has 2 N–H and O–H groups in total. The van der Waals surface area contributed by atoms with Gasteiger partial charge in [-0.2, -0.15) is 0 Å². The Hall–Kier alpha value is -1.18. The van der Waals surface area contributed by atoms with E-state index in [4.69, 9.17) is 0 Å². The van der Waals surface area contributed by atoms with Crippen LogP contribution in [0.3, 0.4) is 0 Å². The molecule has 1 aromatic carbocycles. The van der Waals surface area contributed by atoms with Crippen LogP contribution in [-0.2, 0) is 0 Å². The van der Waals surface area contributed by atoms with Crippen LogP contribution in [0.4, 0.5) is 5.69 Å². The van der Waals surface area contributed by atoms with Crippen LogP contribution in [0.5, 0.6) is 0 Å². The minimum Gasteiger partial charge on any atom is -0.348 e. The summed E-state index contributed by atoms with van der Waals surface area (Å²) in [6, 6.07) is 4.47. The number of hydrogen-bond acceptors (Lipinski definition) is 4. The Bertz CT molecular complexity index is 507. The number of carbonyl (C=O) groups excluding carboxylic acids is 1. The fraction of sp³-hybridized carbons (Fsp3) is 0.417. The summed E-state index contributed by atoms with van der Waals surface area (Å²) in [5, 5.41) is 17.0. The highest BCUT2D eigenvalue weighted by atomic mass is 79.9. The van der Waals surface area contributed by atoms with Gasteiger partial charge in [-0.1, -0.05) is 15.9 Å². The number of nitrogens with zero attached hydrogens (tertiary/aromatic N) is 1. The molecule has 0 spiro atoms. The van der Waals surface area contributed by atoms with Crippen molar-refractivity contribution in [3.8, 4) is 0 Å². The number of piperidine rings is 1. The zero-order valence-corrected chi connectivity index (χ0v) is 13.0. The molecular weight excluding hydrogens is 350 g/mol. The van der Waals surface area contributed by atoms with E-state index in [-0.39, 0.29) is 29.7 Å². The van der Waals surface area contributed by atoms with E-state index in [2.05, 4.69) is 26.6 Å². The quantitative estimate of drug-likeness (QED) is 0.636. The number of amides is 1. The number of rotatable bonds is 3. The van der Waals surface area contributed by atoms with E-state index in [1.807, 2.05) is 0 Å². The second kappa shape index (κ2) is 7.56. The van der Waals surface area contributed by atoms with Crippen LogP contribution in [0, 0.1) is 10.1 Å². The summed E-state index contributed by atoms with van der Waals surface area (Å²) >= 11 is 3.17. The van der Waals surface area contributed by atoms with Gasteiger partial charge in [0.15, 0.2) is 0 Å². The summed E-state index contributed by atoms with van der Waals surface area (Å²) in [5.74, 6) is -0.395. The van der Waals surface area contributed by atoms with Crippen molar-refractivity contribution in [1.29, 1.82) is 0 Å². The molecule has 8 heteroatoms. The Morgan fingerprint density at radius 2 is 2.25 bits per heavy atom. The summed E-state index contributed by atoms with van der Waals surface area (Å²) in [7, 11) is 0. The van der Waals surface area contributed by atoms with E-state index in [1.165, 1.54) is 12.1 Å². The lowest BCUT2D eigenvalue weighted by Gasteiger charge is -2.23. The Labute approximate surface area is 131 Å². The summed E-state index contributed by atoms with van der Waals surface area (Å²) in [6.45, 7) is 1.65. The molecule has 110 valence electrons. The maximum Gasteiger partial charge on any atom is 0.283 e. The van der Waals surface area contributed by atoms with Crippen molar-refractivity contribution in [3.05, 3.63) is 38.3 Å². The molecule has 6 nitrogen and oxygen atoms in total. The van der Waals surface area contributed by atoms with Gasteiger partial charge in [0.25, 0.3) is 11.6 Å². The molecule has 1 heterocycles. The average molecular weight is 365 g/mol. The van der Waals surface area contributed by atoms with Crippen LogP contribution in [0.25, 0.3) is 0 Å². The maximum atomic E-state index is 12.1. The standard InChI is InChI=1S/C12H14BrN3O3.ClH/c13-8-3-4-10(11(6-8)16(18)19)12(17)15-9-2-1-5-14-7-9;/h3-4,6,9,14H,1-2,5,7H2,(H,15,17);1H/t9-;/m0./s1. The van der Waals surface area contributed by atoms with Gasteiger partial charge in [-0.25, -0.2) is 0 Å². The largest absolute Gasteiger partial charge is 0.348 e. The van der Waals surface area contributed by atoms with Crippen molar-refractivity contribution < 1.29 is 9.72 Å². The van der Waals surface area contributed by atoms with Gasteiger partial charge < -0.3 is 10.6 Å². The highest BCUT2D eigenvalue weighted by molar-refractivity contribution is 9.10. The number of hydrogen-bond donors (Lipinski definition) is 2. The molecule has 1 atom stereocenters. The minimum absolute atomic E-state index is 0. The van der Waals surface area contributed by atoms with E-state index in [0.29, 0.717) is 11.0 Å². The minimum atomic E-state index is -0.543. The molecule has 2 rings (SSSR count). The maximum absolute atomic E-state index is 12.1. The second-order valence-electron chi connectivity index (χ2n) is 4.44. The molecule has 0 unspecified atom stereocenters. The number of carbonyl (C=O) groups is 1. The first-order valence-corrected chi connectivity index (χ1v) is 6.83. The molecule has 0 radical (unpaired) electrons. The van der Waals surface area contributed by atoms with E-state index in [9.17, 15) is 14.9 Å². The van der Waals surface area contributed by atoms with Gasteiger partial charge in [0.2, 0.25) is 0 Å². The van der Waals surface area contributed by atoms with Gasteiger partial charge in [-0.3, -0.25) is 14.9 Å². The highest BCUT2D eigenvalue weighted by Crippen LogP contribution is 2.23. The van der Waals surface area contributed by atoms with Gasteiger partial charge in [-0.15, -0.1) is 12.4 Å². The third kappa shape index (κ3) is 4.16. The molecule has 0 bridgehead atoms. The van der Waals surface area contributed by atoms with E-state index in [1.54, 1.807) is 6.07 Å². The third-order valence-corrected chi connectivity index (χ3v) is 3.53. The predicted molar refractivity (Wildman–Crippen MR) is 81.4 cm³/mol. The molecule has 1 aliphatic rings. The van der Waals surface area contributed by atoms with Crippen LogP contribution < -0.4 is 10.6 Å². The fourth-order valence-corrected chi connectivity index (χ4v) is 2.44. The van der Waals surface area contributed by atoms with Crippen molar-refractivity contribution in [2.75, 3.05) is 13.1 Å². The lowest BCUT2D eigenvalue weighted by Crippen LogP contribution is -2.45. The van der Waals surface area contributed by atoms with E-state index < -0.39 is 10.8 Å². The van der Waals surface area contributed by atoms with Gasteiger partial charge >= 0.3 is 0 Å². The Morgan fingerprint density at radius 1 is 1.50 bits per heavy atom. The fourth-order valence-electron chi connectivity index (χ4n) is 2.09. The van der Waals surface area contributed by atoms with Crippen LogP contribution in [0.2, 0.25) is 0 Å². The van der Waals surface area contributed by atoms with Crippen molar-refractivity contribution in [2.24, 2.45) is 0 Å². The highest BCUT2D eigenvalue weighted by Gasteiger charge is 2.23. The van der Waals surface area contributed by atoms with Crippen molar-refractivity contribution >= 4 is 39.9 Å². The van der Waals surface area contributed by atoms with Crippen molar-refractivity contribution in [1.82, 2.24) is 10.6 Å². The summed E-state index contributed by atoms with van der Waals surface area (Å²) in [4.78, 5) is 22.5. The molecule has 1 amide bonds. The first-order chi connectivity index (χ1) is 9.08. The molecule has 1 fully saturated rings. The van der Waals surface area contributed by atoms with Gasteiger partial charge in [0.1, 0.15) is 5.56 Å². The van der Waals surface area contributed by atoms with Crippen molar-refractivity contribution in [2.45, 2.75) is 18.9 Å². The van der Waals surface area contributed by atoms with E-state index in [0.717, 1.165) is 19.4 Å². The summed E-state index contributed by atoms with van der Waals surface area (Å²) < 4.78 is 0.579. The number of halogens is 2. The van der Waals surface area contributed by atoms with Gasteiger partial charge in [-0.05, 0) is 31.5 Å². The lowest BCUT2D eigenvalue weighted by atomic mass is 10.1. The van der Waals surface area contributed by atoms with Crippen LogP contribution in [-0.4, -0.2) is 30.0 Å². The van der Waals surface area contributed by atoms with Crippen molar-refractivity contribution in [3.63, 3.8) is 0 Å². The average Bonchev–Trinajstić information content (AvgIpc) is 2.39. The molecule has 1 aliphatic heterocycles. The Balaban J connectivity index is 0.00000200. The molecule has 0 saturated carbocycles. The summed E-state index contributed by atoms with van der Waals surface area (Å²) in [6.07, 6.45) is 1.89. The van der Waals surface area contributed by atoms with E-state index >= 15 is 0 Å². The zero-order chi connectivity index (χ0) is 13.8.